The maximum atomic E-state index is 13.0. The van der Waals surface area contributed by atoms with Crippen molar-refractivity contribution in [2.45, 2.75) is 52.1 Å². The summed E-state index contributed by atoms with van der Waals surface area (Å²) < 4.78 is 2.16. The van der Waals surface area contributed by atoms with Crippen molar-refractivity contribution in [3.8, 4) is 0 Å². The van der Waals surface area contributed by atoms with Crippen LogP contribution in [0.4, 0.5) is 0 Å². The summed E-state index contributed by atoms with van der Waals surface area (Å²) in [6.45, 7) is 8.61. The predicted octanol–water partition coefficient (Wildman–Crippen LogP) is 3.85. The summed E-state index contributed by atoms with van der Waals surface area (Å²) in [5, 5.41) is 0. The molecule has 3 aromatic rings. The highest BCUT2D eigenvalue weighted by molar-refractivity contribution is 5.97. The number of carbonyl (C=O) groups is 1. The Morgan fingerprint density at radius 2 is 1.86 bits per heavy atom. The quantitative estimate of drug-likeness (QED) is 0.695. The lowest BCUT2D eigenvalue weighted by atomic mass is 9.90. The highest BCUT2D eigenvalue weighted by Gasteiger charge is 2.28. The van der Waals surface area contributed by atoms with Gasteiger partial charge in [-0.3, -0.25) is 4.79 Å². The van der Waals surface area contributed by atoms with Gasteiger partial charge in [-0.2, -0.15) is 0 Å². The molecule has 0 bridgehead atoms. The zero-order valence-corrected chi connectivity index (χ0v) is 17.6. The van der Waals surface area contributed by atoms with Gasteiger partial charge in [0.15, 0.2) is 0 Å². The molecule has 1 atom stereocenters. The monoisotopic (exact) mass is 390 g/mol. The van der Waals surface area contributed by atoms with Crippen molar-refractivity contribution in [3.63, 3.8) is 0 Å². The molecule has 2 heterocycles. The fourth-order valence-corrected chi connectivity index (χ4v) is 4.21. The lowest BCUT2D eigenvalue weighted by Crippen LogP contribution is -2.44. The van der Waals surface area contributed by atoms with Gasteiger partial charge in [0.25, 0.3) is 5.91 Å². The van der Waals surface area contributed by atoms with Crippen LogP contribution in [-0.4, -0.2) is 39.0 Å². The van der Waals surface area contributed by atoms with E-state index in [2.05, 4.69) is 42.5 Å². The summed E-state index contributed by atoms with van der Waals surface area (Å²) in [6.07, 6.45) is 4.43. The Hall–Kier alpha value is -2.66. The Kier molecular flexibility index (Phi) is 5.17. The van der Waals surface area contributed by atoms with Gasteiger partial charge in [-0.15, -0.1) is 0 Å². The van der Waals surface area contributed by atoms with Crippen molar-refractivity contribution in [1.29, 1.82) is 0 Å². The van der Waals surface area contributed by atoms with Gasteiger partial charge < -0.3 is 15.2 Å². The largest absolute Gasteiger partial charge is 0.338 e. The second kappa shape index (κ2) is 7.64. The molecule has 0 aliphatic carbocycles. The van der Waals surface area contributed by atoms with Gasteiger partial charge in [-0.25, -0.2) is 4.98 Å². The number of nitrogens with two attached hydrogens (primary N) is 1. The van der Waals surface area contributed by atoms with Gasteiger partial charge >= 0.3 is 0 Å². The number of carbonyl (C=O) groups excluding carboxylic acids is 1. The number of hydrogen-bond donors (Lipinski definition) is 1. The Bertz CT molecular complexity index is 1050. The molecule has 1 unspecified atom stereocenters. The molecular formula is C24H30N4O. The van der Waals surface area contributed by atoms with E-state index in [-0.39, 0.29) is 11.4 Å². The van der Waals surface area contributed by atoms with E-state index in [1.54, 1.807) is 0 Å². The van der Waals surface area contributed by atoms with Crippen LogP contribution in [0, 0.1) is 13.8 Å². The van der Waals surface area contributed by atoms with E-state index in [1.807, 2.05) is 35.5 Å². The Morgan fingerprint density at radius 3 is 2.69 bits per heavy atom. The molecule has 1 aromatic heterocycles. The summed E-state index contributed by atoms with van der Waals surface area (Å²) in [7, 11) is 0. The number of benzene rings is 2. The second-order valence-corrected chi connectivity index (χ2v) is 8.66. The van der Waals surface area contributed by atoms with Crippen LogP contribution < -0.4 is 5.73 Å². The normalized spacial score (nSPS) is 16.1. The maximum Gasteiger partial charge on any atom is 0.254 e. The first-order valence-electron chi connectivity index (χ1n) is 10.4. The first-order chi connectivity index (χ1) is 13.9. The van der Waals surface area contributed by atoms with Crippen LogP contribution in [0.5, 0.6) is 0 Å². The minimum atomic E-state index is -0.338. The van der Waals surface area contributed by atoms with E-state index < -0.39 is 0 Å². The van der Waals surface area contributed by atoms with E-state index in [0.29, 0.717) is 6.54 Å². The molecule has 1 aliphatic rings. The van der Waals surface area contributed by atoms with Crippen LogP contribution >= 0.6 is 0 Å². The van der Waals surface area contributed by atoms with Crippen LogP contribution in [0.25, 0.3) is 11.0 Å². The van der Waals surface area contributed by atoms with Gasteiger partial charge in [-0.05, 0) is 74.9 Å². The van der Waals surface area contributed by atoms with Crippen molar-refractivity contribution in [3.05, 3.63) is 65.0 Å². The molecule has 0 fully saturated rings. The molecule has 5 heteroatoms. The van der Waals surface area contributed by atoms with Crippen molar-refractivity contribution in [1.82, 2.24) is 14.5 Å². The molecule has 152 valence electrons. The molecule has 0 saturated carbocycles. The van der Waals surface area contributed by atoms with Crippen molar-refractivity contribution >= 4 is 16.9 Å². The summed E-state index contributed by atoms with van der Waals surface area (Å²) in [4.78, 5) is 19.4. The van der Waals surface area contributed by atoms with Crippen LogP contribution in [-0.2, 0) is 13.0 Å². The van der Waals surface area contributed by atoms with Gasteiger partial charge in [0, 0.05) is 30.7 Å². The van der Waals surface area contributed by atoms with Crippen LogP contribution in [0.2, 0.25) is 0 Å². The van der Waals surface area contributed by atoms with Gasteiger partial charge in [0.2, 0.25) is 0 Å². The molecule has 1 aliphatic heterocycles. The Labute approximate surface area is 172 Å². The SMILES string of the molecule is Cc1ccc2c(c1C)CCN(CCC(C)(N)CCn1cnc3ccccc31)C2=O. The number of aryl methyl sites for hydroxylation is 2. The average molecular weight is 391 g/mol. The first-order valence-corrected chi connectivity index (χ1v) is 10.4. The van der Waals surface area contributed by atoms with E-state index >= 15 is 0 Å². The number of aromatic nitrogens is 2. The van der Waals surface area contributed by atoms with Crippen LogP contribution in [0.3, 0.4) is 0 Å². The Balaban J connectivity index is 1.38. The van der Waals surface area contributed by atoms with Crippen molar-refractivity contribution in [2.24, 2.45) is 5.73 Å². The molecule has 0 spiro atoms. The maximum absolute atomic E-state index is 13.0. The molecule has 0 saturated heterocycles. The van der Waals surface area contributed by atoms with Gasteiger partial charge in [0.05, 0.1) is 17.4 Å². The summed E-state index contributed by atoms with van der Waals surface area (Å²) in [5.74, 6) is 0.144. The third-order valence-corrected chi connectivity index (χ3v) is 6.42. The summed E-state index contributed by atoms with van der Waals surface area (Å²) in [6, 6.07) is 12.2. The minimum Gasteiger partial charge on any atom is -0.338 e. The third kappa shape index (κ3) is 3.92. The smallest absolute Gasteiger partial charge is 0.254 e. The third-order valence-electron chi connectivity index (χ3n) is 6.42. The molecule has 1 amide bonds. The standard InChI is InChI=1S/C24H30N4O/c1-17-8-9-20-19(18(17)2)10-13-27(23(20)29)14-11-24(3,25)12-15-28-16-26-21-6-4-5-7-22(21)28/h4-9,16H,10-15,25H2,1-3H3. The number of fused-ring (bicyclic) bond motifs is 2. The summed E-state index contributed by atoms with van der Waals surface area (Å²) >= 11 is 0. The van der Waals surface area contributed by atoms with Crippen molar-refractivity contribution < 1.29 is 4.79 Å². The lowest BCUT2D eigenvalue weighted by Gasteiger charge is -2.33. The van der Waals surface area contributed by atoms with E-state index in [9.17, 15) is 4.79 Å². The molecule has 5 nitrogen and oxygen atoms in total. The number of amides is 1. The first kappa shape index (κ1) is 19.6. The number of para-hydroxylation sites is 2. The topological polar surface area (TPSA) is 64.2 Å². The molecule has 0 radical (unpaired) electrons. The fourth-order valence-electron chi connectivity index (χ4n) is 4.21. The van der Waals surface area contributed by atoms with Crippen molar-refractivity contribution in [2.75, 3.05) is 13.1 Å². The summed E-state index contributed by atoms with van der Waals surface area (Å²) in [5.41, 5.74) is 13.0. The van der Waals surface area contributed by atoms with Gasteiger partial charge in [-0.1, -0.05) is 18.2 Å². The fraction of sp³-hybridized carbons (Fsp3) is 0.417. The van der Waals surface area contributed by atoms with Crippen LogP contribution in [0.15, 0.2) is 42.7 Å². The average Bonchev–Trinajstić information content (AvgIpc) is 3.12. The zero-order chi connectivity index (χ0) is 20.6. The highest BCUT2D eigenvalue weighted by atomic mass is 16.2. The molecule has 4 rings (SSSR count). The highest BCUT2D eigenvalue weighted by Crippen LogP contribution is 2.25. The number of imidazole rings is 1. The van der Waals surface area contributed by atoms with Gasteiger partial charge in [0.1, 0.15) is 0 Å². The molecule has 2 aromatic carbocycles. The Morgan fingerprint density at radius 1 is 1.10 bits per heavy atom. The molecule has 29 heavy (non-hydrogen) atoms. The van der Waals surface area contributed by atoms with E-state index in [1.165, 1.54) is 16.7 Å². The molecular weight excluding hydrogens is 360 g/mol. The number of nitrogens with zero attached hydrogens (tertiary/aromatic N) is 3. The zero-order valence-electron chi connectivity index (χ0n) is 17.6. The van der Waals surface area contributed by atoms with E-state index in [0.717, 1.165) is 48.9 Å². The number of hydrogen-bond acceptors (Lipinski definition) is 3. The van der Waals surface area contributed by atoms with Crippen LogP contribution in [0.1, 0.15) is 46.8 Å². The lowest BCUT2D eigenvalue weighted by molar-refractivity contribution is 0.0726. The molecule has 2 N–H and O–H groups in total. The minimum absolute atomic E-state index is 0.144. The number of rotatable bonds is 6. The second-order valence-electron chi connectivity index (χ2n) is 8.66. The predicted molar refractivity (Wildman–Crippen MR) is 117 cm³/mol. The van der Waals surface area contributed by atoms with E-state index in [4.69, 9.17) is 5.73 Å².